The van der Waals surface area contributed by atoms with E-state index in [2.05, 4.69) is 10.0 Å². The molecule has 7 heteroatoms. The smallest absolute Gasteiger partial charge is 0.279 e. The molecule has 110 valence electrons. The zero-order valence-corrected chi connectivity index (χ0v) is 12.2. The van der Waals surface area contributed by atoms with Crippen molar-refractivity contribution in [1.29, 1.82) is 0 Å². The summed E-state index contributed by atoms with van der Waals surface area (Å²) in [6.45, 7) is 0.423. The van der Waals surface area contributed by atoms with E-state index in [1.807, 2.05) is 0 Å². The van der Waals surface area contributed by atoms with Crippen LogP contribution >= 0.6 is 0 Å². The normalized spacial score (nSPS) is 26.5. The van der Waals surface area contributed by atoms with E-state index in [-0.39, 0.29) is 11.9 Å². The Labute approximate surface area is 115 Å². The number of hydrogen-bond donors (Lipinski definition) is 2. The Bertz CT molecular complexity index is 418. The molecule has 6 nitrogen and oxygen atoms in total. The van der Waals surface area contributed by atoms with E-state index in [0.29, 0.717) is 13.0 Å². The number of rotatable bonds is 4. The van der Waals surface area contributed by atoms with E-state index >= 15 is 0 Å². The van der Waals surface area contributed by atoms with Crippen LogP contribution in [0.25, 0.3) is 0 Å². The lowest BCUT2D eigenvalue weighted by atomic mass is 9.95. The SMILES string of the molecule is CNS(=O)(=O)N1CCCC1C(=O)NC1CCCCC1. The molecule has 2 rings (SSSR count). The van der Waals surface area contributed by atoms with Gasteiger partial charge in [-0.05, 0) is 25.7 Å². The quantitative estimate of drug-likeness (QED) is 0.784. The first-order valence-corrected chi connectivity index (χ1v) is 8.49. The maximum atomic E-state index is 12.2. The molecule has 0 radical (unpaired) electrons. The molecule has 1 amide bonds. The lowest BCUT2D eigenvalue weighted by Crippen LogP contribution is -2.51. The van der Waals surface area contributed by atoms with E-state index in [4.69, 9.17) is 0 Å². The van der Waals surface area contributed by atoms with Gasteiger partial charge in [-0.2, -0.15) is 12.7 Å². The second-order valence-corrected chi connectivity index (χ2v) is 7.15. The fourth-order valence-corrected chi connectivity index (χ4v) is 4.09. The van der Waals surface area contributed by atoms with Crippen LogP contribution < -0.4 is 10.0 Å². The molecule has 0 bridgehead atoms. The van der Waals surface area contributed by atoms with Crippen molar-refractivity contribution < 1.29 is 13.2 Å². The largest absolute Gasteiger partial charge is 0.352 e. The van der Waals surface area contributed by atoms with Crippen molar-refractivity contribution >= 4 is 16.1 Å². The van der Waals surface area contributed by atoms with Crippen LogP contribution in [0, 0.1) is 0 Å². The van der Waals surface area contributed by atoms with Gasteiger partial charge in [-0.25, -0.2) is 4.72 Å². The van der Waals surface area contributed by atoms with E-state index in [0.717, 1.165) is 32.1 Å². The van der Waals surface area contributed by atoms with Crippen LogP contribution in [-0.4, -0.2) is 44.3 Å². The zero-order chi connectivity index (χ0) is 13.9. The molecule has 1 atom stereocenters. The van der Waals surface area contributed by atoms with Crippen LogP contribution in [0.3, 0.4) is 0 Å². The molecule has 0 aromatic rings. The molecule has 1 saturated heterocycles. The first-order chi connectivity index (χ1) is 9.04. The molecule has 0 spiro atoms. The topological polar surface area (TPSA) is 78.5 Å². The highest BCUT2D eigenvalue weighted by atomic mass is 32.2. The van der Waals surface area contributed by atoms with Gasteiger partial charge in [0.25, 0.3) is 10.2 Å². The Kier molecular flexibility index (Phi) is 4.81. The number of carbonyl (C=O) groups excluding carboxylic acids is 1. The molecule has 2 aliphatic rings. The number of hydrogen-bond acceptors (Lipinski definition) is 3. The molecule has 1 aliphatic heterocycles. The second-order valence-electron chi connectivity index (χ2n) is 5.32. The maximum Gasteiger partial charge on any atom is 0.279 e. The number of amides is 1. The number of carbonyl (C=O) groups is 1. The third kappa shape index (κ3) is 3.46. The van der Waals surface area contributed by atoms with Gasteiger partial charge < -0.3 is 5.32 Å². The molecule has 1 heterocycles. The van der Waals surface area contributed by atoms with Crippen molar-refractivity contribution in [2.24, 2.45) is 0 Å². The zero-order valence-electron chi connectivity index (χ0n) is 11.4. The van der Waals surface area contributed by atoms with Crippen LogP contribution in [0.1, 0.15) is 44.9 Å². The fraction of sp³-hybridized carbons (Fsp3) is 0.917. The number of nitrogens with zero attached hydrogens (tertiary/aromatic N) is 1. The van der Waals surface area contributed by atoms with Gasteiger partial charge in [0.05, 0.1) is 0 Å². The highest BCUT2D eigenvalue weighted by Gasteiger charge is 2.38. The monoisotopic (exact) mass is 289 g/mol. The molecule has 2 N–H and O–H groups in total. The van der Waals surface area contributed by atoms with E-state index in [1.54, 1.807) is 0 Å². The summed E-state index contributed by atoms with van der Waals surface area (Å²) in [6.07, 6.45) is 6.90. The van der Waals surface area contributed by atoms with E-state index < -0.39 is 16.3 Å². The highest BCUT2D eigenvalue weighted by molar-refractivity contribution is 7.87. The third-order valence-corrected chi connectivity index (χ3v) is 5.59. The molecule has 2 fully saturated rings. The summed E-state index contributed by atoms with van der Waals surface area (Å²) in [5.74, 6) is -0.136. The Morgan fingerprint density at radius 1 is 1.11 bits per heavy atom. The maximum absolute atomic E-state index is 12.2. The lowest BCUT2D eigenvalue weighted by Gasteiger charge is -2.27. The Morgan fingerprint density at radius 3 is 2.42 bits per heavy atom. The molecule has 1 unspecified atom stereocenters. The van der Waals surface area contributed by atoms with Gasteiger partial charge in [-0.3, -0.25) is 4.79 Å². The Hall–Kier alpha value is -0.660. The first kappa shape index (κ1) is 14.7. The molecule has 1 saturated carbocycles. The lowest BCUT2D eigenvalue weighted by molar-refractivity contribution is -0.125. The summed E-state index contributed by atoms with van der Waals surface area (Å²) >= 11 is 0. The molecule has 1 aliphatic carbocycles. The third-order valence-electron chi connectivity index (χ3n) is 4.02. The van der Waals surface area contributed by atoms with Crippen LogP contribution in [0.2, 0.25) is 0 Å². The predicted molar refractivity (Wildman–Crippen MR) is 72.7 cm³/mol. The molecule has 0 aromatic heterocycles. The average Bonchev–Trinajstić information content (AvgIpc) is 2.90. The highest BCUT2D eigenvalue weighted by Crippen LogP contribution is 2.22. The summed E-state index contributed by atoms with van der Waals surface area (Å²) < 4.78 is 27.3. The van der Waals surface area contributed by atoms with E-state index in [9.17, 15) is 13.2 Å². The van der Waals surface area contributed by atoms with Crippen LogP contribution in [0.5, 0.6) is 0 Å². The van der Waals surface area contributed by atoms with Gasteiger partial charge in [-0.15, -0.1) is 0 Å². The van der Waals surface area contributed by atoms with Crippen LogP contribution in [0.15, 0.2) is 0 Å². The van der Waals surface area contributed by atoms with Crippen molar-refractivity contribution in [3.8, 4) is 0 Å². The minimum absolute atomic E-state index is 0.136. The summed E-state index contributed by atoms with van der Waals surface area (Å²) in [5, 5.41) is 3.01. The van der Waals surface area contributed by atoms with Crippen molar-refractivity contribution in [2.75, 3.05) is 13.6 Å². The predicted octanol–water partition coefficient (Wildman–Crippen LogP) is 0.364. The van der Waals surface area contributed by atoms with Gasteiger partial charge in [0.2, 0.25) is 5.91 Å². The molecular weight excluding hydrogens is 266 g/mol. The van der Waals surface area contributed by atoms with Gasteiger partial charge in [0, 0.05) is 19.6 Å². The molecular formula is C12H23N3O3S. The van der Waals surface area contributed by atoms with Crippen LogP contribution in [0.4, 0.5) is 0 Å². The first-order valence-electron chi connectivity index (χ1n) is 7.05. The average molecular weight is 289 g/mol. The summed E-state index contributed by atoms with van der Waals surface area (Å²) in [7, 11) is -2.13. The number of nitrogens with one attached hydrogen (secondary N) is 2. The van der Waals surface area contributed by atoms with Gasteiger partial charge in [-0.1, -0.05) is 19.3 Å². The van der Waals surface area contributed by atoms with Gasteiger partial charge >= 0.3 is 0 Å². The van der Waals surface area contributed by atoms with Gasteiger partial charge in [0.1, 0.15) is 6.04 Å². The summed E-state index contributed by atoms with van der Waals surface area (Å²) in [5.41, 5.74) is 0. The fourth-order valence-electron chi connectivity index (χ4n) is 2.95. The Morgan fingerprint density at radius 2 is 1.79 bits per heavy atom. The van der Waals surface area contributed by atoms with Crippen molar-refractivity contribution in [3.63, 3.8) is 0 Å². The van der Waals surface area contributed by atoms with Crippen molar-refractivity contribution in [1.82, 2.24) is 14.3 Å². The standard InChI is InChI=1S/C12H23N3O3S/c1-13-19(17,18)15-9-5-8-11(15)12(16)14-10-6-3-2-4-7-10/h10-11,13H,2-9H2,1H3,(H,14,16). The van der Waals surface area contributed by atoms with E-state index in [1.165, 1.54) is 17.8 Å². The Balaban J connectivity index is 1.97. The van der Waals surface area contributed by atoms with Crippen molar-refractivity contribution in [2.45, 2.75) is 57.0 Å². The summed E-state index contributed by atoms with van der Waals surface area (Å²) in [4.78, 5) is 12.2. The second kappa shape index (κ2) is 6.19. The van der Waals surface area contributed by atoms with Crippen molar-refractivity contribution in [3.05, 3.63) is 0 Å². The van der Waals surface area contributed by atoms with Gasteiger partial charge in [0.15, 0.2) is 0 Å². The van der Waals surface area contributed by atoms with Crippen LogP contribution in [-0.2, 0) is 15.0 Å². The molecule has 0 aromatic carbocycles. The molecule has 19 heavy (non-hydrogen) atoms. The summed E-state index contributed by atoms with van der Waals surface area (Å²) in [6, 6.07) is -0.319. The minimum atomic E-state index is -3.51. The minimum Gasteiger partial charge on any atom is -0.352 e.